The minimum absolute atomic E-state index is 0.0179. The molecule has 8 heteroatoms. The van der Waals surface area contributed by atoms with Crippen molar-refractivity contribution >= 4 is 23.5 Å². The Labute approximate surface area is 138 Å². The molecule has 1 fully saturated rings. The van der Waals surface area contributed by atoms with Crippen LogP contribution in [0, 0.1) is 5.92 Å². The molecule has 2 aromatic rings. The molecule has 1 aliphatic rings. The lowest BCUT2D eigenvalue weighted by molar-refractivity contribution is -0.117. The molecule has 1 heterocycles. The SMILES string of the molecule is COc1ccc(NC(=O)c2coc(NC(=O)C3CC3)n2)cc1OC. The van der Waals surface area contributed by atoms with Crippen LogP contribution in [0.2, 0.25) is 0 Å². The van der Waals surface area contributed by atoms with Crippen LogP contribution >= 0.6 is 0 Å². The number of nitrogens with one attached hydrogen (secondary N) is 2. The van der Waals surface area contributed by atoms with Crippen molar-refractivity contribution in [3.8, 4) is 11.5 Å². The van der Waals surface area contributed by atoms with Gasteiger partial charge in [-0.3, -0.25) is 14.9 Å². The van der Waals surface area contributed by atoms with Crippen LogP contribution in [0.25, 0.3) is 0 Å². The molecule has 2 amide bonds. The van der Waals surface area contributed by atoms with Crippen molar-refractivity contribution in [3.05, 3.63) is 30.2 Å². The van der Waals surface area contributed by atoms with Gasteiger partial charge in [-0.25, -0.2) is 0 Å². The third-order valence-corrected chi connectivity index (χ3v) is 3.56. The number of hydrogen-bond donors (Lipinski definition) is 2. The van der Waals surface area contributed by atoms with Crippen molar-refractivity contribution < 1.29 is 23.5 Å². The van der Waals surface area contributed by atoms with Gasteiger partial charge in [0.2, 0.25) is 5.91 Å². The summed E-state index contributed by atoms with van der Waals surface area (Å²) in [5.41, 5.74) is 0.583. The third-order valence-electron chi connectivity index (χ3n) is 3.56. The first kappa shape index (κ1) is 15.9. The summed E-state index contributed by atoms with van der Waals surface area (Å²) in [4.78, 5) is 27.8. The predicted molar refractivity (Wildman–Crippen MR) is 85.4 cm³/mol. The number of amides is 2. The zero-order valence-corrected chi connectivity index (χ0v) is 13.3. The molecule has 1 aromatic carbocycles. The summed E-state index contributed by atoms with van der Waals surface area (Å²) in [6.45, 7) is 0. The summed E-state index contributed by atoms with van der Waals surface area (Å²) in [7, 11) is 3.04. The fraction of sp³-hybridized carbons (Fsp3) is 0.312. The van der Waals surface area contributed by atoms with Crippen LogP contribution in [0.5, 0.6) is 11.5 Å². The molecular formula is C16H17N3O5. The normalized spacial score (nSPS) is 13.2. The van der Waals surface area contributed by atoms with Gasteiger partial charge in [-0.2, -0.15) is 4.98 Å². The Balaban J connectivity index is 1.66. The fourth-order valence-electron chi connectivity index (χ4n) is 2.10. The predicted octanol–water partition coefficient (Wildman–Crippen LogP) is 2.29. The van der Waals surface area contributed by atoms with Crippen LogP contribution in [-0.2, 0) is 4.79 Å². The second-order valence-corrected chi connectivity index (χ2v) is 5.33. The van der Waals surface area contributed by atoms with E-state index < -0.39 is 5.91 Å². The maximum absolute atomic E-state index is 12.2. The van der Waals surface area contributed by atoms with Crippen LogP contribution in [-0.4, -0.2) is 31.0 Å². The second kappa shape index (κ2) is 6.61. The maximum Gasteiger partial charge on any atom is 0.302 e. The van der Waals surface area contributed by atoms with E-state index in [2.05, 4.69) is 15.6 Å². The number of benzene rings is 1. The lowest BCUT2D eigenvalue weighted by atomic mass is 10.2. The van der Waals surface area contributed by atoms with Crippen LogP contribution in [0.3, 0.4) is 0 Å². The largest absolute Gasteiger partial charge is 0.493 e. The van der Waals surface area contributed by atoms with Crippen LogP contribution in [0.1, 0.15) is 23.3 Å². The summed E-state index contributed by atoms with van der Waals surface area (Å²) in [6, 6.07) is 5.00. The lowest BCUT2D eigenvalue weighted by Crippen LogP contribution is -2.15. The highest BCUT2D eigenvalue weighted by Gasteiger charge is 2.30. The van der Waals surface area contributed by atoms with E-state index in [0.717, 1.165) is 12.8 Å². The van der Waals surface area contributed by atoms with E-state index in [0.29, 0.717) is 17.2 Å². The number of methoxy groups -OCH3 is 2. The van der Waals surface area contributed by atoms with Gasteiger partial charge in [-0.05, 0) is 25.0 Å². The molecule has 1 saturated carbocycles. The average Bonchev–Trinajstić information content (AvgIpc) is 3.34. The molecule has 8 nitrogen and oxygen atoms in total. The fourth-order valence-corrected chi connectivity index (χ4v) is 2.10. The molecule has 126 valence electrons. The monoisotopic (exact) mass is 331 g/mol. The van der Waals surface area contributed by atoms with Crippen molar-refractivity contribution in [2.24, 2.45) is 5.92 Å². The van der Waals surface area contributed by atoms with E-state index in [1.807, 2.05) is 0 Å². The first-order valence-corrected chi connectivity index (χ1v) is 7.40. The molecule has 3 rings (SSSR count). The molecule has 0 spiro atoms. The number of aromatic nitrogens is 1. The Bertz CT molecular complexity index is 767. The summed E-state index contributed by atoms with van der Waals surface area (Å²) in [5.74, 6) is 0.484. The highest BCUT2D eigenvalue weighted by atomic mass is 16.5. The van der Waals surface area contributed by atoms with E-state index in [9.17, 15) is 9.59 Å². The molecule has 0 bridgehead atoms. The Morgan fingerprint density at radius 3 is 2.58 bits per heavy atom. The highest BCUT2D eigenvalue weighted by Crippen LogP contribution is 2.31. The minimum atomic E-state index is -0.460. The van der Waals surface area contributed by atoms with Gasteiger partial charge >= 0.3 is 6.01 Å². The zero-order chi connectivity index (χ0) is 17.1. The number of rotatable bonds is 6. The smallest absolute Gasteiger partial charge is 0.302 e. The van der Waals surface area contributed by atoms with Crippen molar-refractivity contribution in [2.45, 2.75) is 12.8 Å². The molecule has 0 atom stereocenters. The van der Waals surface area contributed by atoms with Gasteiger partial charge in [0.05, 0.1) is 14.2 Å². The van der Waals surface area contributed by atoms with Crippen molar-refractivity contribution in [1.29, 1.82) is 0 Å². The quantitative estimate of drug-likeness (QED) is 0.842. The van der Waals surface area contributed by atoms with Crippen molar-refractivity contribution in [2.75, 3.05) is 24.9 Å². The van der Waals surface area contributed by atoms with Gasteiger partial charge in [0, 0.05) is 17.7 Å². The average molecular weight is 331 g/mol. The van der Waals surface area contributed by atoms with Gasteiger partial charge in [0.25, 0.3) is 5.91 Å². The van der Waals surface area contributed by atoms with E-state index in [-0.39, 0.29) is 23.5 Å². The van der Waals surface area contributed by atoms with E-state index >= 15 is 0 Å². The summed E-state index contributed by atoms with van der Waals surface area (Å²) >= 11 is 0. The highest BCUT2D eigenvalue weighted by molar-refractivity contribution is 6.03. The molecule has 1 aromatic heterocycles. The van der Waals surface area contributed by atoms with Gasteiger partial charge in [0.1, 0.15) is 6.26 Å². The minimum Gasteiger partial charge on any atom is -0.493 e. The van der Waals surface area contributed by atoms with E-state index in [1.165, 1.54) is 20.5 Å². The summed E-state index contributed by atoms with van der Waals surface area (Å²) < 4.78 is 15.4. The Morgan fingerprint density at radius 1 is 1.17 bits per heavy atom. The maximum atomic E-state index is 12.2. The summed E-state index contributed by atoms with van der Waals surface area (Å²) in [6.07, 6.45) is 2.94. The van der Waals surface area contributed by atoms with Crippen LogP contribution in [0.4, 0.5) is 11.7 Å². The molecule has 1 aliphatic carbocycles. The first-order chi connectivity index (χ1) is 11.6. The number of anilines is 2. The number of carbonyl (C=O) groups excluding carboxylic acids is 2. The van der Waals surface area contributed by atoms with Crippen LogP contribution in [0.15, 0.2) is 28.9 Å². The second-order valence-electron chi connectivity index (χ2n) is 5.33. The van der Waals surface area contributed by atoms with Crippen LogP contribution < -0.4 is 20.1 Å². The molecule has 0 unspecified atom stereocenters. The van der Waals surface area contributed by atoms with E-state index in [1.54, 1.807) is 18.2 Å². The summed E-state index contributed by atoms with van der Waals surface area (Å²) in [5, 5.41) is 5.22. The Morgan fingerprint density at radius 2 is 1.92 bits per heavy atom. The van der Waals surface area contributed by atoms with Crippen molar-refractivity contribution in [1.82, 2.24) is 4.98 Å². The topological polar surface area (TPSA) is 103 Å². The van der Waals surface area contributed by atoms with Crippen molar-refractivity contribution in [3.63, 3.8) is 0 Å². The molecule has 0 saturated heterocycles. The standard InChI is InChI=1S/C16H17N3O5/c1-22-12-6-5-10(7-13(12)23-2)17-15(21)11-8-24-16(18-11)19-14(20)9-3-4-9/h5-9H,3-4H2,1-2H3,(H,17,21)(H,18,19,20). The number of oxazole rings is 1. The first-order valence-electron chi connectivity index (χ1n) is 7.40. The molecule has 24 heavy (non-hydrogen) atoms. The molecular weight excluding hydrogens is 314 g/mol. The Hall–Kier alpha value is -3.03. The van der Waals surface area contributed by atoms with Gasteiger partial charge in [-0.1, -0.05) is 0 Å². The number of carbonyl (C=O) groups is 2. The third kappa shape index (κ3) is 3.48. The zero-order valence-electron chi connectivity index (χ0n) is 13.3. The number of ether oxygens (including phenoxy) is 2. The van der Waals surface area contributed by atoms with Gasteiger partial charge in [0.15, 0.2) is 17.2 Å². The van der Waals surface area contributed by atoms with Gasteiger partial charge < -0.3 is 19.2 Å². The van der Waals surface area contributed by atoms with E-state index in [4.69, 9.17) is 13.9 Å². The molecule has 2 N–H and O–H groups in total. The Kier molecular flexibility index (Phi) is 4.37. The number of nitrogens with zero attached hydrogens (tertiary/aromatic N) is 1. The number of hydrogen-bond acceptors (Lipinski definition) is 6. The molecule has 0 aliphatic heterocycles. The van der Waals surface area contributed by atoms with Gasteiger partial charge in [-0.15, -0.1) is 0 Å². The molecule has 0 radical (unpaired) electrons. The lowest BCUT2D eigenvalue weighted by Gasteiger charge is -2.09.